The first-order valence-corrected chi connectivity index (χ1v) is 6.55. The van der Waals surface area contributed by atoms with E-state index in [-0.39, 0.29) is 12.4 Å². The topological polar surface area (TPSA) is 77.1 Å². The number of rotatable bonds is 5. The first-order valence-electron chi connectivity index (χ1n) is 6.17. The second kappa shape index (κ2) is 6.85. The quantitative estimate of drug-likeness (QED) is 0.385. The van der Waals surface area contributed by atoms with Crippen LogP contribution in [0, 0.1) is 0 Å². The number of nitrogens with two attached hydrogens (primary N) is 1. The van der Waals surface area contributed by atoms with E-state index < -0.39 is 0 Å². The monoisotopic (exact) mass is 306 g/mol. The summed E-state index contributed by atoms with van der Waals surface area (Å²) >= 11 is 5.91. The normalized spacial score (nSPS) is 11.2. The molecule has 0 atom stereocenters. The molecule has 0 heterocycles. The van der Waals surface area contributed by atoms with Crippen LogP contribution in [-0.2, 0) is 6.61 Å². The molecule has 0 saturated carbocycles. The molecule has 0 bridgehead atoms. The SMILES string of the molecule is COc1ccc(/C(N)=N/O)cc1COc1cccc(Cl)c1. The van der Waals surface area contributed by atoms with Crippen molar-refractivity contribution in [2.75, 3.05) is 7.11 Å². The first-order chi connectivity index (χ1) is 10.1. The summed E-state index contributed by atoms with van der Waals surface area (Å²) in [4.78, 5) is 0. The van der Waals surface area contributed by atoms with E-state index in [1.165, 1.54) is 0 Å². The molecule has 6 heteroatoms. The molecule has 5 nitrogen and oxygen atoms in total. The molecular formula is C15H15ClN2O3. The average Bonchev–Trinajstić information content (AvgIpc) is 2.52. The highest BCUT2D eigenvalue weighted by Gasteiger charge is 2.08. The lowest BCUT2D eigenvalue weighted by Crippen LogP contribution is -2.13. The predicted octanol–water partition coefficient (Wildman–Crippen LogP) is 3.02. The lowest BCUT2D eigenvalue weighted by atomic mass is 10.1. The van der Waals surface area contributed by atoms with Crippen LogP contribution in [0.15, 0.2) is 47.6 Å². The molecular weight excluding hydrogens is 292 g/mol. The van der Waals surface area contributed by atoms with Gasteiger partial charge in [0.05, 0.1) is 7.11 Å². The summed E-state index contributed by atoms with van der Waals surface area (Å²) in [6.07, 6.45) is 0. The van der Waals surface area contributed by atoms with Gasteiger partial charge in [0.25, 0.3) is 0 Å². The number of nitrogens with zero attached hydrogens (tertiary/aromatic N) is 1. The maximum atomic E-state index is 8.73. The van der Waals surface area contributed by atoms with Crippen molar-refractivity contribution in [1.29, 1.82) is 0 Å². The van der Waals surface area contributed by atoms with Crippen molar-refractivity contribution in [3.63, 3.8) is 0 Å². The first kappa shape index (κ1) is 15.0. The average molecular weight is 307 g/mol. The summed E-state index contributed by atoms with van der Waals surface area (Å²) in [6.45, 7) is 0.274. The predicted molar refractivity (Wildman–Crippen MR) is 81.3 cm³/mol. The molecule has 0 fully saturated rings. The van der Waals surface area contributed by atoms with Gasteiger partial charge in [0.1, 0.15) is 18.1 Å². The van der Waals surface area contributed by atoms with E-state index in [2.05, 4.69) is 5.16 Å². The Balaban J connectivity index is 2.21. The number of benzene rings is 2. The standard InChI is InChI=1S/C15H15ClN2O3/c1-20-14-6-5-10(15(17)18-19)7-11(14)9-21-13-4-2-3-12(16)8-13/h2-8,19H,9H2,1H3,(H2,17,18). The van der Waals surface area contributed by atoms with Gasteiger partial charge in [-0.05, 0) is 36.4 Å². The van der Waals surface area contributed by atoms with Crippen LogP contribution in [0.3, 0.4) is 0 Å². The van der Waals surface area contributed by atoms with Gasteiger partial charge in [-0.15, -0.1) is 0 Å². The van der Waals surface area contributed by atoms with E-state index in [4.69, 9.17) is 32.0 Å². The third-order valence-electron chi connectivity index (χ3n) is 2.87. The Morgan fingerprint density at radius 2 is 2.10 bits per heavy atom. The summed E-state index contributed by atoms with van der Waals surface area (Å²) in [6, 6.07) is 12.3. The second-order valence-electron chi connectivity index (χ2n) is 4.26. The van der Waals surface area contributed by atoms with Gasteiger partial charge < -0.3 is 20.4 Å². The number of methoxy groups -OCH3 is 1. The molecule has 0 unspecified atom stereocenters. The fourth-order valence-electron chi connectivity index (χ4n) is 1.83. The molecule has 0 saturated heterocycles. The van der Waals surface area contributed by atoms with Crippen LogP contribution >= 0.6 is 11.6 Å². The lowest BCUT2D eigenvalue weighted by molar-refractivity contribution is 0.296. The molecule has 3 N–H and O–H groups in total. The van der Waals surface area contributed by atoms with Crippen molar-refractivity contribution in [3.05, 3.63) is 58.6 Å². The van der Waals surface area contributed by atoms with Crippen molar-refractivity contribution in [2.24, 2.45) is 10.9 Å². The van der Waals surface area contributed by atoms with E-state index in [0.29, 0.717) is 22.1 Å². The van der Waals surface area contributed by atoms with Crippen LogP contribution in [-0.4, -0.2) is 18.2 Å². The van der Waals surface area contributed by atoms with Gasteiger partial charge in [0.2, 0.25) is 0 Å². The van der Waals surface area contributed by atoms with Crippen LogP contribution in [0.4, 0.5) is 0 Å². The fourth-order valence-corrected chi connectivity index (χ4v) is 2.01. The zero-order chi connectivity index (χ0) is 15.2. The highest BCUT2D eigenvalue weighted by molar-refractivity contribution is 6.30. The minimum Gasteiger partial charge on any atom is -0.496 e. The van der Waals surface area contributed by atoms with E-state index in [0.717, 1.165) is 5.56 Å². The molecule has 0 spiro atoms. The van der Waals surface area contributed by atoms with Crippen molar-refractivity contribution < 1.29 is 14.7 Å². The molecule has 2 aromatic carbocycles. The summed E-state index contributed by atoms with van der Waals surface area (Å²) in [5.74, 6) is 1.34. The molecule has 110 valence electrons. The lowest BCUT2D eigenvalue weighted by Gasteiger charge is -2.12. The van der Waals surface area contributed by atoms with Gasteiger partial charge in [-0.25, -0.2) is 0 Å². The Morgan fingerprint density at radius 3 is 2.76 bits per heavy atom. The molecule has 0 aliphatic rings. The number of oxime groups is 1. The molecule has 21 heavy (non-hydrogen) atoms. The van der Waals surface area contributed by atoms with Crippen LogP contribution < -0.4 is 15.2 Å². The molecule has 0 radical (unpaired) electrons. The van der Waals surface area contributed by atoms with Crippen LogP contribution in [0.5, 0.6) is 11.5 Å². The summed E-state index contributed by atoms with van der Waals surface area (Å²) in [5, 5.41) is 12.3. The van der Waals surface area contributed by atoms with Crippen molar-refractivity contribution in [2.45, 2.75) is 6.61 Å². The highest BCUT2D eigenvalue weighted by Crippen LogP contribution is 2.23. The smallest absolute Gasteiger partial charge is 0.170 e. The second-order valence-corrected chi connectivity index (χ2v) is 4.69. The number of halogens is 1. The van der Waals surface area contributed by atoms with Crippen LogP contribution in [0.2, 0.25) is 5.02 Å². The van der Waals surface area contributed by atoms with Gasteiger partial charge in [0.15, 0.2) is 5.84 Å². The fraction of sp³-hybridized carbons (Fsp3) is 0.133. The number of ether oxygens (including phenoxy) is 2. The zero-order valence-corrected chi connectivity index (χ0v) is 12.2. The molecule has 0 aliphatic heterocycles. The Kier molecular flexibility index (Phi) is 4.90. The maximum Gasteiger partial charge on any atom is 0.170 e. The van der Waals surface area contributed by atoms with Gasteiger partial charge in [-0.3, -0.25) is 0 Å². The minimum atomic E-state index is 0.0293. The Hall–Kier alpha value is -2.40. The Bertz CT molecular complexity index is 659. The van der Waals surface area contributed by atoms with Gasteiger partial charge in [0, 0.05) is 16.1 Å². The molecule has 0 aromatic heterocycles. The molecule has 2 rings (SSSR count). The van der Waals surface area contributed by atoms with E-state index in [1.807, 2.05) is 12.1 Å². The largest absolute Gasteiger partial charge is 0.496 e. The highest BCUT2D eigenvalue weighted by atomic mass is 35.5. The summed E-state index contributed by atoms with van der Waals surface area (Å²) in [5.41, 5.74) is 6.95. The van der Waals surface area contributed by atoms with Crippen molar-refractivity contribution in [1.82, 2.24) is 0 Å². The zero-order valence-electron chi connectivity index (χ0n) is 11.4. The summed E-state index contributed by atoms with van der Waals surface area (Å²) < 4.78 is 11.0. The van der Waals surface area contributed by atoms with Gasteiger partial charge in [-0.1, -0.05) is 22.8 Å². The Labute approximate surface area is 127 Å². The van der Waals surface area contributed by atoms with E-state index in [9.17, 15) is 0 Å². The van der Waals surface area contributed by atoms with Gasteiger partial charge >= 0.3 is 0 Å². The Morgan fingerprint density at radius 1 is 1.29 bits per heavy atom. The third kappa shape index (κ3) is 3.79. The van der Waals surface area contributed by atoms with Crippen LogP contribution in [0.25, 0.3) is 0 Å². The number of hydrogen-bond donors (Lipinski definition) is 2. The maximum absolute atomic E-state index is 8.73. The molecule has 0 aliphatic carbocycles. The van der Waals surface area contributed by atoms with Crippen molar-refractivity contribution >= 4 is 17.4 Å². The third-order valence-corrected chi connectivity index (χ3v) is 3.11. The van der Waals surface area contributed by atoms with Crippen molar-refractivity contribution in [3.8, 4) is 11.5 Å². The molecule has 2 aromatic rings. The molecule has 0 amide bonds. The summed E-state index contributed by atoms with van der Waals surface area (Å²) in [7, 11) is 1.57. The van der Waals surface area contributed by atoms with E-state index in [1.54, 1.807) is 37.4 Å². The van der Waals surface area contributed by atoms with Gasteiger partial charge in [-0.2, -0.15) is 0 Å². The number of hydrogen-bond acceptors (Lipinski definition) is 4. The van der Waals surface area contributed by atoms with Crippen LogP contribution in [0.1, 0.15) is 11.1 Å². The van der Waals surface area contributed by atoms with E-state index >= 15 is 0 Å². The minimum absolute atomic E-state index is 0.0293. The number of amidine groups is 1.